The minimum atomic E-state index is -0.982. The van der Waals surface area contributed by atoms with E-state index in [0.717, 1.165) is 5.56 Å². The maximum absolute atomic E-state index is 13.2. The molecule has 2 aromatic rings. The molecule has 0 saturated heterocycles. The number of carboxylic acids is 1. The van der Waals surface area contributed by atoms with Crippen molar-refractivity contribution >= 4 is 23.6 Å². The number of hydrogen-bond acceptors (Lipinski definition) is 5. The molecule has 10 nitrogen and oxygen atoms in total. The second-order valence-electron chi connectivity index (χ2n) is 7.55. The highest BCUT2D eigenvalue weighted by Gasteiger charge is 2.35. The minimum absolute atomic E-state index is 0.112. The summed E-state index contributed by atoms with van der Waals surface area (Å²) >= 11 is 0. The second-order valence-corrected chi connectivity index (χ2v) is 7.55. The number of benzene rings is 2. The number of non-ortho nitro benzene ring substituents is 1. The van der Waals surface area contributed by atoms with Crippen LogP contribution in [0.1, 0.15) is 36.9 Å². The lowest BCUT2D eigenvalue weighted by Gasteiger charge is -2.35. The van der Waals surface area contributed by atoms with Gasteiger partial charge in [-0.05, 0) is 24.5 Å². The molecule has 0 bridgehead atoms. The number of nitrogens with zero attached hydrogens (tertiary/aromatic N) is 2. The van der Waals surface area contributed by atoms with Crippen LogP contribution in [0.4, 0.5) is 10.5 Å². The monoisotopic (exact) mass is 452 g/mol. The molecule has 1 aliphatic heterocycles. The number of carboxylic acid groups (broad SMARTS) is 1. The fraction of sp³-hybridized carbons (Fsp3) is 0.261. The molecule has 0 spiro atoms. The van der Waals surface area contributed by atoms with Gasteiger partial charge >= 0.3 is 12.0 Å². The molecule has 1 heterocycles. The molecule has 2 aromatic carbocycles. The van der Waals surface area contributed by atoms with Crippen molar-refractivity contribution in [3.63, 3.8) is 0 Å². The molecule has 10 heteroatoms. The van der Waals surface area contributed by atoms with E-state index in [-0.39, 0.29) is 37.2 Å². The largest absolute Gasteiger partial charge is 0.481 e. The molecule has 33 heavy (non-hydrogen) atoms. The molecule has 0 aromatic heterocycles. The number of nitrogens with one attached hydrogen (secondary N) is 2. The molecule has 0 aliphatic carbocycles. The molecule has 172 valence electrons. The number of nitro benzene ring substituents is 1. The zero-order valence-electron chi connectivity index (χ0n) is 18.0. The fourth-order valence-corrected chi connectivity index (χ4v) is 3.67. The Morgan fingerprint density at radius 2 is 1.91 bits per heavy atom. The second kappa shape index (κ2) is 10.4. The van der Waals surface area contributed by atoms with Crippen molar-refractivity contribution in [2.75, 3.05) is 6.54 Å². The van der Waals surface area contributed by atoms with Gasteiger partial charge in [-0.2, -0.15) is 0 Å². The summed E-state index contributed by atoms with van der Waals surface area (Å²) in [5.74, 6) is -1.42. The van der Waals surface area contributed by atoms with Gasteiger partial charge in [0.1, 0.15) is 0 Å². The number of nitro groups is 1. The van der Waals surface area contributed by atoms with Crippen LogP contribution in [0.2, 0.25) is 0 Å². The van der Waals surface area contributed by atoms with Crippen molar-refractivity contribution in [2.24, 2.45) is 0 Å². The zero-order valence-corrected chi connectivity index (χ0v) is 18.0. The summed E-state index contributed by atoms with van der Waals surface area (Å²) in [6, 6.07) is 13.6. The van der Waals surface area contributed by atoms with Gasteiger partial charge in [-0.1, -0.05) is 42.5 Å². The van der Waals surface area contributed by atoms with E-state index in [9.17, 15) is 24.5 Å². The van der Waals surface area contributed by atoms with E-state index in [1.54, 1.807) is 13.0 Å². The van der Waals surface area contributed by atoms with Crippen LogP contribution in [0.15, 0.2) is 65.9 Å². The Labute approximate surface area is 190 Å². The quantitative estimate of drug-likeness (QED) is 0.394. The molecule has 0 fully saturated rings. The lowest BCUT2D eigenvalue weighted by molar-refractivity contribution is -0.384. The topological polar surface area (TPSA) is 142 Å². The van der Waals surface area contributed by atoms with Crippen molar-refractivity contribution in [1.29, 1.82) is 0 Å². The van der Waals surface area contributed by atoms with Gasteiger partial charge in [0.05, 0.1) is 16.5 Å². The van der Waals surface area contributed by atoms with E-state index >= 15 is 0 Å². The maximum Gasteiger partial charge on any atom is 0.322 e. The number of carbonyl (C=O) groups is 3. The van der Waals surface area contributed by atoms with Crippen molar-refractivity contribution in [3.05, 3.63) is 87.1 Å². The molecule has 0 radical (unpaired) electrons. The fourth-order valence-electron chi connectivity index (χ4n) is 3.67. The van der Waals surface area contributed by atoms with E-state index in [0.29, 0.717) is 11.3 Å². The van der Waals surface area contributed by atoms with Crippen molar-refractivity contribution in [3.8, 4) is 0 Å². The number of allylic oxidation sites excluding steroid dienone is 1. The smallest absolute Gasteiger partial charge is 0.322 e. The lowest BCUT2D eigenvalue weighted by atomic mass is 9.93. The number of rotatable bonds is 9. The Morgan fingerprint density at radius 3 is 2.58 bits per heavy atom. The average Bonchev–Trinajstić information content (AvgIpc) is 2.79. The third-order valence-electron chi connectivity index (χ3n) is 5.32. The first-order valence-corrected chi connectivity index (χ1v) is 10.3. The highest BCUT2D eigenvalue weighted by atomic mass is 16.6. The standard InChI is InChI=1S/C23H24N4O6/c1-15-20(22(30)24-14-16-7-3-2-4-8-16)21(17-9-5-10-18(13-17)27(32)33)25-23(31)26(15)12-6-11-19(28)29/h2-5,7-10,13,21H,6,11-12,14H2,1H3,(H,24,30)(H,25,31)(H,28,29). The molecule has 3 rings (SSSR count). The summed E-state index contributed by atoms with van der Waals surface area (Å²) < 4.78 is 0. The molecular formula is C23H24N4O6. The first kappa shape index (κ1) is 23.5. The highest BCUT2D eigenvalue weighted by molar-refractivity contribution is 5.98. The van der Waals surface area contributed by atoms with Crippen LogP contribution in [0.5, 0.6) is 0 Å². The Hall–Kier alpha value is -4.21. The normalized spacial score (nSPS) is 15.7. The molecule has 1 aliphatic rings. The highest BCUT2D eigenvalue weighted by Crippen LogP contribution is 2.32. The summed E-state index contributed by atoms with van der Waals surface area (Å²) in [5, 5.41) is 25.7. The SMILES string of the molecule is CC1=C(C(=O)NCc2ccccc2)C(c2cccc([N+](=O)[O-])c2)NC(=O)N1CCCC(=O)O. The predicted molar refractivity (Wildman–Crippen MR) is 119 cm³/mol. The molecule has 0 saturated carbocycles. The molecule has 3 amide bonds. The van der Waals surface area contributed by atoms with Crippen molar-refractivity contribution < 1.29 is 24.4 Å². The number of aliphatic carboxylic acids is 1. The molecular weight excluding hydrogens is 428 g/mol. The van der Waals surface area contributed by atoms with Gasteiger partial charge in [0.2, 0.25) is 0 Å². The third-order valence-corrected chi connectivity index (χ3v) is 5.32. The lowest BCUT2D eigenvalue weighted by Crippen LogP contribution is -2.49. The summed E-state index contributed by atoms with van der Waals surface area (Å²) in [7, 11) is 0. The van der Waals surface area contributed by atoms with Gasteiger partial charge in [-0.15, -0.1) is 0 Å². The Morgan fingerprint density at radius 1 is 1.18 bits per heavy atom. The first-order valence-electron chi connectivity index (χ1n) is 10.3. The van der Waals surface area contributed by atoms with Gasteiger partial charge in [-0.25, -0.2) is 4.79 Å². The van der Waals surface area contributed by atoms with Gasteiger partial charge in [-0.3, -0.25) is 24.6 Å². The van der Waals surface area contributed by atoms with Crippen molar-refractivity contribution in [1.82, 2.24) is 15.5 Å². The average molecular weight is 452 g/mol. The number of urea groups is 1. The van der Waals surface area contributed by atoms with Crippen LogP contribution >= 0.6 is 0 Å². The molecule has 3 N–H and O–H groups in total. The van der Waals surface area contributed by atoms with E-state index < -0.39 is 28.9 Å². The molecule has 1 unspecified atom stereocenters. The van der Waals surface area contributed by atoms with E-state index in [4.69, 9.17) is 5.11 Å². The minimum Gasteiger partial charge on any atom is -0.481 e. The van der Waals surface area contributed by atoms with Crippen LogP contribution in [-0.2, 0) is 16.1 Å². The van der Waals surface area contributed by atoms with Crippen LogP contribution in [0.3, 0.4) is 0 Å². The van der Waals surface area contributed by atoms with Gasteiger partial charge in [0.15, 0.2) is 0 Å². The number of carbonyl (C=O) groups excluding carboxylic acids is 2. The van der Waals surface area contributed by atoms with Crippen molar-refractivity contribution in [2.45, 2.75) is 32.4 Å². The zero-order chi connectivity index (χ0) is 24.0. The van der Waals surface area contributed by atoms with E-state index in [1.807, 2.05) is 30.3 Å². The summed E-state index contributed by atoms with van der Waals surface area (Å²) in [6.07, 6.45) is 0.0847. The molecule has 1 atom stereocenters. The third kappa shape index (κ3) is 5.73. The van der Waals surface area contributed by atoms with E-state index in [2.05, 4.69) is 10.6 Å². The summed E-state index contributed by atoms with van der Waals surface area (Å²) in [5.41, 5.74) is 1.72. The maximum atomic E-state index is 13.2. The van der Waals surface area contributed by atoms with Crippen LogP contribution in [0, 0.1) is 10.1 Å². The van der Waals surface area contributed by atoms with E-state index in [1.165, 1.54) is 23.1 Å². The Balaban J connectivity index is 1.95. The Bertz CT molecular complexity index is 1100. The summed E-state index contributed by atoms with van der Waals surface area (Å²) in [4.78, 5) is 48.9. The van der Waals surface area contributed by atoms with Crippen LogP contribution < -0.4 is 10.6 Å². The van der Waals surface area contributed by atoms with Crippen LogP contribution in [-0.4, -0.2) is 39.4 Å². The van der Waals surface area contributed by atoms with Crippen LogP contribution in [0.25, 0.3) is 0 Å². The predicted octanol–water partition coefficient (Wildman–Crippen LogP) is 3.12. The van der Waals surface area contributed by atoms with Gasteiger partial charge in [0.25, 0.3) is 11.6 Å². The van der Waals surface area contributed by atoms with Gasteiger partial charge < -0.3 is 15.7 Å². The Kier molecular flexibility index (Phi) is 7.39. The number of hydrogen-bond donors (Lipinski definition) is 3. The summed E-state index contributed by atoms with van der Waals surface area (Å²) in [6.45, 7) is 1.98. The van der Waals surface area contributed by atoms with Gasteiger partial charge in [0, 0.05) is 37.3 Å². The first-order chi connectivity index (χ1) is 15.8. The number of amides is 3.